The molecular formula is C13H15ClFNO4S. The van der Waals surface area contributed by atoms with E-state index in [9.17, 15) is 17.6 Å². The molecule has 1 N–H and O–H groups in total. The quantitative estimate of drug-likeness (QED) is 0.855. The molecular weight excluding hydrogens is 321 g/mol. The van der Waals surface area contributed by atoms with Crippen molar-refractivity contribution in [2.75, 3.05) is 13.2 Å². The van der Waals surface area contributed by atoms with Gasteiger partial charge in [-0.05, 0) is 37.5 Å². The van der Waals surface area contributed by atoms with Crippen molar-refractivity contribution in [2.24, 2.45) is 0 Å². The van der Waals surface area contributed by atoms with Gasteiger partial charge in [-0.15, -0.1) is 0 Å². The van der Waals surface area contributed by atoms with E-state index in [1.807, 2.05) is 0 Å². The zero-order chi connectivity index (χ0) is 15.5. The number of nitrogens with one attached hydrogen (secondary N) is 1. The predicted molar refractivity (Wildman–Crippen MR) is 75.4 cm³/mol. The van der Waals surface area contributed by atoms with Crippen LogP contribution >= 0.6 is 10.7 Å². The Bertz CT molecular complexity index is 629. The summed E-state index contributed by atoms with van der Waals surface area (Å²) in [4.78, 5) is 11.5. The van der Waals surface area contributed by atoms with E-state index in [1.165, 1.54) is 0 Å². The Balaban J connectivity index is 2.06. The van der Waals surface area contributed by atoms with E-state index in [2.05, 4.69) is 5.32 Å². The lowest BCUT2D eigenvalue weighted by Crippen LogP contribution is -2.35. The Hall–Kier alpha value is -1.18. The Morgan fingerprint density at radius 1 is 1.38 bits per heavy atom. The Morgan fingerprint density at radius 2 is 2.14 bits per heavy atom. The minimum Gasteiger partial charge on any atom is -0.376 e. The van der Waals surface area contributed by atoms with Crippen LogP contribution in [0.4, 0.5) is 4.39 Å². The maximum atomic E-state index is 13.4. The number of carbonyl (C=O) groups excluding carboxylic acids is 1. The van der Waals surface area contributed by atoms with E-state index in [0.29, 0.717) is 13.2 Å². The highest BCUT2D eigenvalue weighted by atomic mass is 35.7. The molecule has 1 aliphatic rings. The van der Waals surface area contributed by atoms with Crippen LogP contribution in [0.1, 0.15) is 29.6 Å². The first-order valence-electron chi connectivity index (χ1n) is 6.51. The molecule has 5 nitrogen and oxygen atoms in total. The van der Waals surface area contributed by atoms with Crippen molar-refractivity contribution in [3.8, 4) is 0 Å². The topological polar surface area (TPSA) is 72.5 Å². The van der Waals surface area contributed by atoms with Gasteiger partial charge in [-0.2, -0.15) is 0 Å². The summed E-state index contributed by atoms with van der Waals surface area (Å²) in [5.74, 6) is -1.40. The first-order chi connectivity index (χ1) is 9.86. The minimum atomic E-state index is -4.09. The molecule has 0 spiro atoms. The van der Waals surface area contributed by atoms with E-state index < -0.39 is 25.7 Å². The van der Waals surface area contributed by atoms with Gasteiger partial charge < -0.3 is 10.1 Å². The molecule has 2 rings (SSSR count). The van der Waals surface area contributed by atoms with Gasteiger partial charge in [0.15, 0.2) is 0 Å². The van der Waals surface area contributed by atoms with E-state index in [-0.39, 0.29) is 11.7 Å². The van der Waals surface area contributed by atoms with Gasteiger partial charge in [0, 0.05) is 29.4 Å². The van der Waals surface area contributed by atoms with Crippen molar-refractivity contribution < 1.29 is 22.3 Å². The molecule has 1 unspecified atom stereocenters. The molecule has 1 atom stereocenters. The smallest absolute Gasteiger partial charge is 0.261 e. The average Bonchev–Trinajstić information content (AvgIpc) is 2.44. The Kier molecular flexibility index (Phi) is 5.18. The summed E-state index contributed by atoms with van der Waals surface area (Å²) < 4.78 is 41.3. The maximum Gasteiger partial charge on any atom is 0.261 e. The summed E-state index contributed by atoms with van der Waals surface area (Å²) in [6, 6.07) is 2.77. The molecule has 116 valence electrons. The maximum absolute atomic E-state index is 13.4. The van der Waals surface area contributed by atoms with Crippen LogP contribution in [0, 0.1) is 5.82 Å². The lowest BCUT2D eigenvalue weighted by Gasteiger charge is -2.22. The molecule has 0 aliphatic carbocycles. The third-order valence-corrected chi connectivity index (χ3v) is 4.51. The highest BCUT2D eigenvalue weighted by Crippen LogP contribution is 2.18. The van der Waals surface area contributed by atoms with E-state index in [1.54, 1.807) is 0 Å². The van der Waals surface area contributed by atoms with Gasteiger partial charge in [-0.3, -0.25) is 4.79 Å². The number of ether oxygens (including phenoxy) is 1. The van der Waals surface area contributed by atoms with Crippen LogP contribution in [-0.4, -0.2) is 33.6 Å². The molecule has 1 saturated heterocycles. The van der Waals surface area contributed by atoms with Crippen LogP contribution in [0.15, 0.2) is 23.1 Å². The normalized spacial score (nSPS) is 19.2. The largest absolute Gasteiger partial charge is 0.376 e. The zero-order valence-electron chi connectivity index (χ0n) is 11.1. The predicted octanol–water partition coefficient (Wildman–Crippen LogP) is 2.05. The molecule has 0 aromatic heterocycles. The minimum absolute atomic E-state index is 0.0625. The first kappa shape index (κ1) is 16.2. The second-order valence-corrected chi connectivity index (χ2v) is 7.38. The molecule has 0 saturated carbocycles. The van der Waals surface area contributed by atoms with Gasteiger partial charge >= 0.3 is 0 Å². The summed E-state index contributed by atoms with van der Waals surface area (Å²) in [5.41, 5.74) is -0.0926. The van der Waals surface area contributed by atoms with Crippen LogP contribution in [0.5, 0.6) is 0 Å². The first-order valence-corrected chi connectivity index (χ1v) is 8.82. The second-order valence-electron chi connectivity index (χ2n) is 4.81. The van der Waals surface area contributed by atoms with Gasteiger partial charge in [-0.1, -0.05) is 0 Å². The van der Waals surface area contributed by atoms with Gasteiger partial charge in [0.2, 0.25) is 0 Å². The number of hydrogen-bond donors (Lipinski definition) is 1. The molecule has 1 amide bonds. The van der Waals surface area contributed by atoms with E-state index >= 15 is 0 Å². The molecule has 8 heteroatoms. The van der Waals surface area contributed by atoms with E-state index in [0.717, 1.165) is 37.5 Å². The summed E-state index contributed by atoms with van der Waals surface area (Å²) in [6.45, 7) is 0.966. The number of rotatable bonds is 4. The van der Waals surface area contributed by atoms with Crippen LogP contribution in [0.2, 0.25) is 0 Å². The standard InChI is InChI=1S/C13H15ClFNO4S/c14-21(18,19)12-6-9(5-10(15)7-12)13(17)16-8-11-3-1-2-4-20-11/h5-7,11H,1-4,8H2,(H,16,17). The number of carbonyl (C=O) groups is 1. The van der Waals surface area contributed by atoms with Crippen molar-refractivity contribution >= 4 is 25.6 Å². The SMILES string of the molecule is O=C(NCC1CCCCO1)c1cc(F)cc(S(=O)(=O)Cl)c1. The fourth-order valence-corrected chi connectivity index (χ4v) is 2.90. The number of hydrogen-bond acceptors (Lipinski definition) is 4. The fourth-order valence-electron chi connectivity index (χ4n) is 2.11. The highest BCUT2D eigenvalue weighted by molar-refractivity contribution is 8.13. The summed E-state index contributed by atoms with van der Waals surface area (Å²) >= 11 is 0. The molecule has 1 fully saturated rings. The van der Waals surface area contributed by atoms with Crippen molar-refractivity contribution in [1.82, 2.24) is 5.32 Å². The lowest BCUT2D eigenvalue weighted by atomic mass is 10.1. The summed E-state index contributed by atoms with van der Waals surface area (Å²) in [7, 11) is 1.07. The van der Waals surface area contributed by atoms with Gasteiger partial charge in [0.25, 0.3) is 15.0 Å². The van der Waals surface area contributed by atoms with Crippen LogP contribution in [-0.2, 0) is 13.8 Å². The van der Waals surface area contributed by atoms with E-state index in [4.69, 9.17) is 15.4 Å². The molecule has 1 aromatic rings. The molecule has 1 aliphatic heterocycles. The van der Waals surface area contributed by atoms with Crippen LogP contribution in [0.25, 0.3) is 0 Å². The second kappa shape index (κ2) is 6.72. The number of benzene rings is 1. The van der Waals surface area contributed by atoms with Crippen molar-refractivity contribution in [3.05, 3.63) is 29.6 Å². The molecule has 1 aromatic carbocycles. The Morgan fingerprint density at radius 3 is 2.76 bits per heavy atom. The fraction of sp³-hybridized carbons (Fsp3) is 0.462. The lowest BCUT2D eigenvalue weighted by molar-refractivity contribution is 0.0169. The van der Waals surface area contributed by atoms with Gasteiger partial charge in [0.05, 0.1) is 11.0 Å². The monoisotopic (exact) mass is 335 g/mol. The highest BCUT2D eigenvalue weighted by Gasteiger charge is 2.18. The molecule has 21 heavy (non-hydrogen) atoms. The van der Waals surface area contributed by atoms with Crippen molar-refractivity contribution in [1.29, 1.82) is 0 Å². The molecule has 1 heterocycles. The van der Waals surface area contributed by atoms with Crippen molar-refractivity contribution in [3.63, 3.8) is 0 Å². The van der Waals surface area contributed by atoms with Crippen LogP contribution in [0.3, 0.4) is 0 Å². The number of amides is 1. The zero-order valence-corrected chi connectivity index (χ0v) is 12.7. The van der Waals surface area contributed by atoms with Gasteiger partial charge in [0.1, 0.15) is 5.82 Å². The third-order valence-electron chi connectivity index (χ3n) is 3.18. The average molecular weight is 336 g/mol. The number of halogens is 2. The van der Waals surface area contributed by atoms with Crippen LogP contribution < -0.4 is 5.32 Å². The molecule has 0 radical (unpaired) electrons. The summed E-state index contributed by atoms with van der Waals surface area (Å²) in [6.07, 6.45) is 2.83. The Labute approximate surface area is 126 Å². The molecule has 0 bridgehead atoms. The van der Waals surface area contributed by atoms with Crippen molar-refractivity contribution in [2.45, 2.75) is 30.3 Å². The van der Waals surface area contributed by atoms with Gasteiger partial charge in [-0.25, -0.2) is 12.8 Å². The third kappa shape index (κ3) is 4.66. The summed E-state index contributed by atoms with van der Waals surface area (Å²) in [5, 5.41) is 2.61.